The monoisotopic (exact) mass is 243 g/mol. The molecule has 0 amide bonds. The van der Waals surface area contributed by atoms with Crippen LogP contribution in [0.2, 0.25) is 0 Å². The lowest BCUT2D eigenvalue weighted by atomic mass is 10.3. The Hall–Kier alpha value is -1.19. The molecule has 1 atom stereocenters. The van der Waals surface area contributed by atoms with Crippen LogP contribution in [-0.2, 0) is 9.09 Å². The van der Waals surface area contributed by atoms with E-state index in [0.29, 0.717) is 18.1 Å². The molecule has 1 rings (SSSR count). The molecule has 0 fully saturated rings. The predicted molar refractivity (Wildman–Crippen MR) is 62.5 cm³/mol. The SMILES string of the molecule is CCO[P@](=O)(CC)c1ccc([N+](=O)[O-])cc1. The number of benzene rings is 1. The highest BCUT2D eigenvalue weighted by Gasteiger charge is 2.23. The molecule has 5 nitrogen and oxygen atoms in total. The molecule has 0 heterocycles. The van der Waals surface area contributed by atoms with Gasteiger partial charge in [0.2, 0.25) is 7.37 Å². The molecule has 1 aromatic rings. The molecule has 1 aromatic carbocycles. The van der Waals surface area contributed by atoms with Gasteiger partial charge in [-0.25, -0.2) is 0 Å². The Balaban J connectivity index is 3.04. The quantitative estimate of drug-likeness (QED) is 0.452. The summed E-state index contributed by atoms with van der Waals surface area (Å²) in [6, 6.07) is 5.68. The van der Waals surface area contributed by atoms with Gasteiger partial charge in [0.05, 0.1) is 11.5 Å². The highest BCUT2D eigenvalue weighted by Crippen LogP contribution is 2.45. The molecule has 0 N–H and O–H groups in total. The van der Waals surface area contributed by atoms with Crippen molar-refractivity contribution >= 4 is 18.4 Å². The molecule has 0 bridgehead atoms. The fourth-order valence-corrected chi connectivity index (χ4v) is 3.08. The number of rotatable bonds is 5. The highest BCUT2D eigenvalue weighted by molar-refractivity contribution is 7.66. The van der Waals surface area contributed by atoms with Crippen LogP contribution in [0.5, 0.6) is 0 Å². The third-order valence-corrected chi connectivity index (χ3v) is 4.80. The molecule has 88 valence electrons. The van der Waals surface area contributed by atoms with Gasteiger partial charge in [0, 0.05) is 23.6 Å². The largest absolute Gasteiger partial charge is 0.326 e. The summed E-state index contributed by atoms with van der Waals surface area (Å²) >= 11 is 0. The second-order valence-electron chi connectivity index (χ2n) is 3.18. The predicted octanol–water partition coefficient (Wildman–Crippen LogP) is 2.55. The zero-order valence-corrected chi connectivity index (χ0v) is 10.1. The van der Waals surface area contributed by atoms with E-state index in [1.807, 2.05) is 0 Å². The van der Waals surface area contributed by atoms with Crippen molar-refractivity contribution in [3.8, 4) is 0 Å². The first-order valence-electron chi connectivity index (χ1n) is 5.02. The summed E-state index contributed by atoms with van der Waals surface area (Å²) in [6.07, 6.45) is 0.388. The van der Waals surface area contributed by atoms with Crippen LogP contribution in [0.3, 0.4) is 0 Å². The first-order chi connectivity index (χ1) is 7.53. The van der Waals surface area contributed by atoms with E-state index in [0.717, 1.165) is 0 Å². The summed E-state index contributed by atoms with van der Waals surface area (Å²) in [5.74, 6) is 0. The van der Waals surface area contributed by atoms with Gasteiger partial charge in [-0.15, -0.1) is 0 Å². The standard InChI is InChI=1S/C10H14NO4P/c1-3-15-16(14,4-2)10-7-5-9(6-8-10)11(12)13/h5-8H,3-4H2,1-2H3/t16-/m1/s1. The van der Waals surface area contributed by atoms with Crippen LogP contribution in [0.25, 0.3) is 0 Å². The van der Waals surface area contributed by atoms with Crippen molar-refractivity contribution in [3.63, 3.8) is 0 Å². The summed E-state index contributed by atoms with van der Waals surface area (Å²) in [5, 5.41) is 11.0. The van der Waals surface area contributed by atoms with Gasteiger partial charge in [-0.3, -0.25) is 14.7 Å². The Kier molecular flexibility index (Phi) is 4.21. The van der Waals surface area contributed by atoms with E-state index in [2.05, 4.69) is 0 Å². The Bertz CT molecular complexity index is 415. The normalized spacial score (nSPS) is 14.4. The first kappa shape index (κ1) is 12.9. The average molecular weight is 243 g/mol. The molecule has 0 saturated carbocycles. The fourth-order valence-electron chi connectivity index (χ4n) is 1.36. The minimum absolute atomic E-state index is 0.0112. The van der Waals surface area contributed by atoms with Gasteiger partial charge < -0.3 is 4.52 Å². The van der Waals surface area contributed by atoms with Gasteiger partial charge in [0.25, 0.3) is 5.69 Å². The minimum Gasteiger partial charge on any atom is -0.326 e. The lowest BCUT2D eigenvalue weighted by molar-refractivity contribution is -0.384. The molecule has 0 aromatic heterocycles. The summed E-state index contributed by atoms with van der Waals surface area (Å²) < 4.78 is 17.5. The molecular formula is C10H14NO4P. The van der Waals surface area contributed by atoms with Crippen molar-refractivity contribution in [3.05, 3.63) is 34.4 Å². The zero-order chi connectivity index (χ0) is 12.2. The van der Waals surface area contributed by atoms with Gasteiger partial charge in [0.1, 0.15) is 0 Å². The van der Waals surface area contributed by atoms with Gasteiger partial charge in [-0.1, -0.05) is 6.92 Å². The number of hydrogen-bond acceptors (Lipinski definition) is 4. The summed E-state index contributed by atoms with van der Waals surface area (Å²) in [7, 11) is -2.83. The molecule has 0 aliphatic carbocycles. The van der Waals surface area contributed by atoms with Gasteiger partial charge in [0.15, 0.2) is 0 Å². The lowest BCUT2D eigenvalue weighted by Gasteiger charge is -2.15. The van der Waals surface area contributed by atoms with Crippen LogP contribution < -0.4 is 5.30 Å². The Morgan fingerprint density at radius 1 is 1.31 bits per heavy atom. The first-order valence-corrected chi connectivity index (χ1v) is 6.83. The second-order valence-corrected chi connectivity index (χ2v) is 5.93. The Morgan fingerprint density at radius 3 is 2.25 bits per heavy atom. The Labute approximate surface area is 94.0 Å². The van der Waals surface area contributed by atoms with Crippen molar-refractivity contribution < 1.29 is 14.0 Å². The van der Waals surface area contributed by atoms with Crippen LogP contribution in [0.15, 0.2) is 24.3 Å². The maximum atomic E-state index is 12.3. The van der Waals surface area contributed by atoms with Crippen LogP contribution in [0.4, 0.5) is 5.69 Å². The topological polar surface area (TPSA) is 69.4 Å². The van der Waals surface area contributed by atoms with E-state index in [4.69, 9.17) is 4.52 Å². The smallest absolute Gasteiger partial charge is 0.269 e. The number of non-ortho nitro benzene ring substituents is 1. The number of nitro benzene ring substituents is 1. The van der Waals surface area contributed by atoms with Crippen LogP contribution in [-0.4, -0.2) is 17.7 Å². The summed E-state index contributed by atoms with van der Waals surface area (Å²) in [4.78, 5) is 9.98. The molecule has 0 unspecified atom stereocenters. The van der Waals surface area contributed by atoms with E-state index in [-0.39, 0.29) is 5.69 Å². The van der Waals surface area contributed by atoms with Gasteiger partial charge in [-0.05, 0) is 19.1 Å². The molecule has 0 radical (unpaired) electrons. The molecule has 0 spiro atoms. The van der Waals surface area contributed by atoms with Crippen LogP contribution >= 0.6 is 7.37 Å². The lowest BCUT2D eigenvalue weighted by Crippen LogP contribution is -2.09. The maximum Gasteiger partial charge on any atom is 0.269 e. The Morgan fingerprint density at radius 2 is 1.88 bits per heavy atom. The molecule has 0 saturated heterocycles. The van der Waals surface area contributed by atoms with Crippen molar-refractivity contribution in [2.45, 2.75) is 13.8 Å². The summed E-state index contributed by atoms with van der Waals surface area (Å²) in [5.41, 5.74) is -0.0112. The van der Waals surface area contributed by atoms with Gasteiger partial charge in [-0.2, -0.15) is 0 Å². The molecule has 0 aliphatic heterocycles. The van der Waals surface area contributed by atoms with Crippen LogP contribution in [0.1, 0.15) is 13.8 Å². The maximum absolute atomic E-state index is 12.3. The molecule has 6 heteroatoms. The van der Waals surface area contributed by atoms with E-state index in [1.54, 1.807) is 13.8 Å². The van der Waals surface area contributed by atoms with Crippen molar-refractivity contribution in [1.82, 2.24) is 0 Å². The van der Waals surface area contributed by atoms with Gasteiger partial charge >= 0.3 is 0 Å². The molecular weight excluding hydrogens is 229 g/mol. The van der Waals surface area contributed by atoms with E-state index in [1.165, 1.54) is 24.3 Å². The highest BCUT2D eigenvalue weighted by atomic mass is 31.2. The van der Waals surface area contributed by atoms with Crippen molar-refractivity contribution in [2.75, 3.05) is 12.8 Å². The zero-order valence-electron chi connectivity index (χ0n) is 9.25. The van der Waals surface area contributed by atoms with E-state index >= 15 is 0 Å². The number of hydrogen-bond donors (Lipinski definition) is 0. The van der Waals surface area contributed by atoms with Crippen molar-refractivity contribution in [2.24, 2.45) is 0 Å². The van der Waals surface area contributed by atoms with Crippen LogP contribution in [0, 0.1) is 10.1 Å². The van der Waals surface area contributed by atoms with E-state index in [9.17, 15) is 14.7 Å². The molecule has 16 heavy (non-hydrogen) atoms. The fraction of sp³-hybridized carbons (Fsp3) is 0.400. The van der Waals surface area contributed by atoms with E-state index < -0.39 is 12.3 Å². The third kappa shape index (κ3) is 2.68. The number of nitrogens with zero attached hydrogens (tertiary/aromatic N) is 1. The minimum atomic E-state index is -2.83. The third-order valence-electron chi connectivity index (χ3n) is 2.21. The number of nitro groups is 1. The second kappa shape index (κ2) is 5.23. The molecule has 0 aliphatic rings. The van der Waals surface area contributed by atoms with Crippen molar-refractivity contribution in [1.29, 1.82) is 0 Å². The average Bonchev–Trinajstić information content (AvgIpc) is 2.29. The summed E-state index contributed by atoms with van der Waals surface area (Å²) in [6.45, 7) is 3.91.